The number of alkyl halides is 1. The van der Waals surface area contributed by atoms with E-state index in [0.29, 0.717) is 9.50 Å². The van der Waals surface area contributed by atoms with E-state index >= 15 is 4.39 Å². The van der Waals surface area contributed by atoms with Crippen molar-refractivity contribution < 1.29 is 13.3 Å². The van der Waals surface area contributed by atoms with Gasteiger partial charge in [0.25, 0.3) is 0 Å². The Labute approximate surface area is 162 Å². The highest BCUT2D eigenvalue weighted by atomic mass is 79.9. The van der Waals surface area contributed by atoms with Crippen molar-refractivity contribution >= 4 is 43.0 Å². The van der Waals surface area contributed by atoms with Crippen LogP contribution in [0.2, 0.25) is 0 Å². The van der Waals surface area contributed by atoms with Crippen LogP contribution in [0.3, 0.4) is 0 Å². The summed E-state index contributed by atoms with van der Waals surface area (Å²) in [4.78, 5) is 4.69. The Morgan fingerprint density at radius 1 is 1.28 bits per heavy atom. The van der Waals surface area contributed by atoms with E-state index in [9.17, 15) is 8.94 Å². The van der Waals surface area contributed by atoms with Gasteiger partial charge >= 0.3 is 0 Å². The second kappa shape index (κ2) is 9.15. The van der Waals surface area contributed by atoms with E-state index in [2.05, 4.69) is 46.1 Å². The Hall–Kier alpha value is -0.180. The number of aromatic nitrogens is 1. The Balaban J connectivity index is 3.59. The van der Waals surface area contributed by atoms with Gasteiger partial charge in [-0.15, -0.1) is 0 Å². The molecule has 0 amide bonds. The van der Waals surface area contributed by atoms with E-state index in [1.54, 1.807) is 26.8 Å². The SMILES string of the molecule is CCS(CC)(CC)c1cc(Br)nc(C(CF)=N[S+]([O-])C(C)(C)C)c1F. The lowest BCUT2D eigenvalue weighted by atomic mass is 10.2. The van der Waals surface area contributed by atoms with E-state index < -0.39 is 38.6 Å². The van der Waals surface area contributed by atoms with Gasteiger partial charge in [0, 0.05) is 4.90 Å². The van der Waals surface area contributed by atoms with Crippen LogP contribution in [0.5, 0.6) is 0 Å². The third-order valence-electron chi connectivity index (χ3n) is 4.13. The quantitative estimate of drug-likeness (QED) is 0.312. The highest BCUT2D eigenvalue weighted by molar-refractivity contribution is 9.10. The van der Waals surface area contributed by atoms with E-state index in [1.807, 2.05) is 0 Å². The molecule has 0 bridgehead atoms. The van der Waals surface area contributed by atoms with Crippen molar-refractivity contribution in [2.24, 2.45) is 4.40 Å². The van der Waals surface area contributed by atoms with Crippen LogP contribution in [0, 0.1) is 5.82 Å². The van der Waals surface area contributed by atoms with Crippen molar-refractivity contribution in [3.05, 3.63) is 22.2 Å². The molecule has 1 unspecified atom stereocenters. The zero-order chi connectivity index (χ0) is 19.4. The molecule has 0 saturated carbocycles. The summed E-state index contributed by atoms with van der Waals surface area (Å²) in [6.45, 7) is 10.3. The molecule has 0 fully saturated rings. The molecule has 3 nitrogen and oxygen atoms in total. The standard InChI is InChI=1S/C17H27BrF2N2OS2/c1-7-25(8-2,9-3)13-10-14(18)21-16(15(13)20)12(11-19)22-24(23)17(4,5)6/h10H,7-9,11H2,1-6H3. The third-order valence-corrected chi connectivity index (χ3v) is 10.5. The lowest BCUT2D eigenvalue weighted by Crippen LogP contribution is -2.28. The second-order valence-corrected chi connectivity index (χ2v) is 13.5. The molecular formula is C17H27BrF2N2OS2. The van der Waals surface area contributed by atoms with Gasteiger partial charge in [-0.05, 0) is 60.0 Å². The van der Waals surface area contributed by atoms with Gasteiger partial charge in [0.15, 0.2) is 11.5 Å². The summed E-state index contributed by atoms with van der Waals surface area (Å²) in [5.74, 6) is 1.97. The summed E-state index contributed by atoms with van der Waals surface area (Å²) in [5, 5.41) is 0. The Morgan fingerprint density at radius 3 is 2.20 bits per heavy atom. The van der Waals surface area contributed by atoms with Crippen LogP contribution >= 0.6 is 26.0 Å². The molecule has 1 aromatic rings. The van der Waals surface area contributed by atoms with Gasteiger partial charge in [0.2, 0.25) is 0 Å². The molecule has 144 valence electrons. The molecule has 1 atom stereocenters. The number of rotatable bonds is 7. The lowest BCUT2D eigenvalue weighted by molar-refractivity contribution is 0.555. The highest BCUT2D eigenvalue weighted by Gasteiger charge is 2.31. The van der Waals surface area contributed by atoms with Gasteiger partial charge in [-0.2, -0.15) is 0 Å². The molecule has 0 spiro atoms. The molecule has 0 radical (unpaired) electrons. The fourth-order valence-corrected chi connectivity index (χ4v) is 6.59. The van der Waals surface area contributed by atoms with Crippen LogP contribution < -0.4 is 0 Å². The molecule has 1 aromatic heterocycles. The van der Waals surface area contributed by atoms with E-state index in [0.717, 1.165) is 17.3 Å². The molecule has 0 N–H and O–H groups in total. The van der Waals surface area contributed by atoms with Crippen molar-refractivity contribution in [1.29, 1.82) is 0 Å². The third kappa shape index (κ3) is 5.17. The predicted octanol–water partition coefficient (Wildman–Crippen LogP) is 5.43. The van der Waals surface area contributed by atoms with Gasteiger partial charge < -0.3 is 4.55 Å². The summed E-state index contributed by atoms with van der Waals surface area (Å²) in [6, 6.07) is 1.70. The molecule has 0 aliphatic heterocycles. The Kier molecular flexibility index (Phi) is 8.37. The molecule has 1 heterocycles. The van der Waals surface area contributed by atoms with E-state index in [-0.39, 0.29) is 11.4 Å². The van der Waals surface area contributed by atoms with Crippen molar-refractivity contribution in [3.8, 4) is 0 Å². The largest absolute Gasteiger partial charge is 0.591 e. The van der Waals surface area contributed by atoms with Crippen LogP contribution in [-0.2, 0) is 11.4 Å². The first-order valence-corrected chi connectivity index (χ1v) is 12.3. The van der Waals surface area contributed by atoms with Crippen molar-refractivity contribution in [1.82, 2.24) is 4.98 Å². The van der Waals surface area contributed by atoms with E-state index in [4.69, 9.17) is 0 Å². The van der Waals surface area contributed by atoms with Crippen LogP contribution in [-0.4, -0.2) is 43.9 Å². The van der Waals surface area contributed by atoms with Crippen LogP contribution in [0.15, 0.2) is 20.0 Å². The number of hydrogen-bond donors (Lipinski definition) is 0. The minimum absolute atomic E-state index is 0.142. The first-order chi connectivity index (χ1) is 11.6. The number of hydrogen-bond acceptors (Lipinski definition) is 3. The summed E-state index contributed by atoms with van der Waals surface area (Å²) >= 11 is 1.63. The smallest absolute Gasteiger partial charge is 0.163 e. The van der Waals surface area contributed by atoms with Gasteiger partial charge in [-0.25, -0.2) is 23.8 Å². The molecular weight excluding hydrogens is 430 g/mol. The Bertz CT molecular complexity index is 624. The predicted molar refractivity (Wildman–Crippen MR) is 110 cm³/mol. The average Bonchev–Trinajstić information content (AvgIpc) is 2.56. The summed E-state index contributed by atoms with van der Waals surface area (Å²) in [7, 11) is -1.36. The van der Waals surface area contributed by atoms with Gasteiger partial charge in [-0.1, -0.05) is 25.2 Å². The molecule has 25 heavy (non-hydrogen) atoms. The molecule has 1 rings (SSSR count). The number of halogens is 3. The summed E-state index contributed by atoms with van der Waals surface area (Å²) in [5.41, 5.74) is -0.346. The monoisotopic (exact) mass is 456 g/mol. The topological polar surface area (TPSA) is 48.3 Å². The number of nitrogens with zero attached hydrogens (tertiary/aromatic N) is 2. The molecule has 0 aromatic carbocycles. The minimum atomic E-state index is -1.68. The first kappa shape index (κ1) is 22.9. The second-order valence-electron chi connectivity index (χ2n) is 6.55. The molecule has 0 aliphatic carbocycles. The van der Waals surface area contributed by atoms with Crippen LogP contribution in [0.25, 0.3) is 0 Å². The molecule has 8 heteroatoms. The average molecular weight is 457 g/mol. The normalized spacial score (nSPS) is 15.4. The maximum Gasteiger partial charge on any atom is 0.163 e. The highest BCUT2D eigenvalue weighted by Crippen LogP contribution is 2.56. The fraction of sp³-hybridized carbons (Fsp3) is 0.647. The first-order valence-electron chi connectivity index (χ1n) is 8.24. The maximum atomic E-state index is 15.3. The summed E-state index contributed by atoms with van der Waals surface area (Å²) in [6.07, 6.45) is 0. The van der Waals surface area contributed by atoms with Crippen molar-refractivity contribution in [2.45, 2.75) is 51.2 Å². The molecule has 0 saturated heterocycles. The van der Waals surface area contributed by atoms with Crippen molar-refractivity contribution in [3.63, 3.8) is 0 Å². The van der Waals surface area contributed by atoms with Crippen molar-refractivity contribution in [2.75, 3.05) is 23.9 Å². The minimum Gasteiger partial charge on any atom is -0.591 e. The van der Waals surface area contributed by atoms with E-state index in [1.165, 1.54) is 0 Å². The van der Waals surface area contributed by atoms with Gasteiger partial charge in [-0.3, -0.25) is 0 Å². The maximum absolute atomic E-state index is 15.3. The van der Waals surface area contributed by atoms with Crippen LogP contribution in [0.1, 0.15) is 47.2 Å². The zero-order valence-corrected chi connectivity index (χ0v) is 18.9. The molecule has 0 aliphatic rings. The fourth-order valence-electron chi connectivity index (χ4n) is 2.43. The lowest BCUT2D eigenvalue weighted by Gasteiger charge is -2.38. The van der Waals surface area contributed by atoms with Gasteiger partial charge in [0.05, 0.1) is 0 Å². The Morgan fingerprint density at radius 2 is 1.80 bits per heavy atom. The summed E-state index contributed by atoms with van der Waals surface area (Å²) < 4.78 is 44.9. The number of pyridine rings is 1. The van der Waals surface area contributed by atoms with Crippen LogP contribution in [0.4, 0.5) is 8.78 Å². The zero-order valence-electron chi connectivity index (χ0n) is 15.7. The van der Waals surface area contributed by atoms with Gasteiger partial charge in [0.1, 0.15) is 33.1 Å².